The number of hydrogen-bond donors (Lipinski definition) is 1. The van der Waals surface area contributed by atoms with Crippen molar-refractivity contribution in [2.24, 2.45) is 5.41 Å². The molecule has 0 aliphatic carbocycles. The lowest BCUT2D eigenvalue weighted by atomic mass is 9.87. The Hall–Kier alpha value is -1.33. The van der Waals surface area contributed by atoms with Crippen LogP contribution >= 0.6 is 11.8 Å². The van der Waals surface area contributed by atoms with Crippen LogP contribution in [0, 0.1) is 12.3 Å². The minimum Gasteiger partial charge on any atom is -0.392 e. The Morgan fingerprint density at radius 3 is 2.52 bits per heavy atom. The van der Waals surface area contributed by atoms with E-state index in [1.165, 1.54) is 10.5 Å². The molecule has 1 aromatic heterocycles. The summed E-state index contributed by atoms with van der Waals surface area (Å²) >= 11 is 1.67. The number of nitrogens with zero attached hydrogens (tertiary/aromatic N) is 2. The molecule has 2 rings (SSSR count). The first-order valence-corrected chi connectivity index (χ1v) is 8.02. The van der Waals surface area contributed by atoms with Crippen LogP contribution in [-0.4, -0.2) is 21.4 Å². The Bertz CT molecular complexity index is 573. The molecular formula is C16H22N2O2S. The summed E-state index contributed by atoms with van der Waals surface area (Å²) in [5, 5.41) is 14.0. The standard InChI is InChI=1S/C16H22N2O2S/c1-11-5-7-12(8-6-11)21-10-14-17-15(20-18-14)9-13(19)16(2,3)4/h5-8,13,19H,9-10H2,1-4H3. The predicted octanol–water partition coefficient (Wildman–Crippen LogP) is 3.62. The number of aliphatic hydroxyl groups is 1. The van der Waals surface area contributed by atoms with Gasteiger partial charge >= 0.3 is 0 Å². The lowest BCUT2D eigenvalue weighted by Gasteiger charge is -2.24. The van der Waals surface area contributed by atoms with Gasteiger partial charge in [-0.3, -0.25) is 0 Å². The van der Waals surface area contributed by atoms with Crippen molar-refractivity contribution in [2.45, 2.75) is 50.9 Å². The van der Waals surface area contributed by atoms with Crippen LogP contribution < -0.4 is 0 Å². The van der Waals surface area contributed by atoms with Gasteiger partial charge < -0.3 is 9.63 Å². The van der Waals surface area contributed by atoms with Crippen LogP contribution in [0.2, 0.25) is 0 Å². The minimum atomic E-state index is -0.490. The zero-order chi connectivity index (χ0) is 15.5. The average Bonchev–Trinajstić information content (AvgIpc) is 2.85. The van der Waals surface area contributed by atoms with Crippen molar-refractivity contribution < 1.29 is 9.63 Å². The van der Waals surface area contributed by atoms with Crippen molar-refractivity contribution in [3.05, 3.63) is 41.5 Å². The number of aryl methyl sites for hydroxylation is 1. The third-order valence-corrected chi connectivity index (χ3v) is 4.27. The van der Waals surface area contributed by atoms with E-state index in [0.717, 1.165) is 0 Å². The van der Waals surface area contributed by atoms with Crippen molar-refractivity contribution in [3.63, 3.8) is 0 Å². The van der Waals surface area contributed by atoms with Gasteiger partial charge in [0, 0.05) is 4.90 Å². The second-order valence-corrected chi connectivity index (χ2v) is 7.34. The highest BCUT2D eigenvalue weighted by Crippen LogP contribution is 2.24. The van der Waals surface area contributed by atoms with E-state index >= 15 is 0 Å². The fourth-order valence-electron chi connectivity index (χ4n) is 1.69. The molecule has 0 saturated heterocycles. The summed E-state index contributed by atoms with van der Waals surface area (Å²) in [5.74, 6) is 1.83. The van der Waals surface area contributed by atoms with Gasteiger partial charge in [0.25, 0.3) is 0 Å². The molecule has 1 atom stereocenters. The smallest absolute Gasteiger partial charge is 0.229 e. The van der Waals surface area contributed by atoms with Crippen molar-refractivity contribution in [1.29, 1.82) is 0 Å². The molecule has 1 unspecified atom stereocenters. The van der Waals surface area contributed by atoms with E-state index in [1.54, 1.807) is 11.8 Å². The van der Waals surface area contributed by atoms with Crippen molar-refractivity contribution in [2.75, 3.05) is 0 Å². The molecule has 1 N–H and O–H groups in total. The summed E-state index contributed by atoms with van der Waals surface area (Å²) in [7, 11) is 0. The first kappa shape index (κ1) is 16.0. The molecule has 1 heterocycles. The van der Waals surface area contributed by atoms with Crippen LogP contribution in [0.1, 0.15) is 38.0 Å². The van der Waals surface area contributed by atoms with E-state index in [0.29, 0.717) is 23.9 Å². The zero-order valence-electron chi connectivity index (χ0n) is 13.0. The van der Waals surface area contributed by atoms with Gasteiger partial charge in [0.1, 0.15) is 0 Å². The van der Waals surface area contributed by atoms with Crippen molar-refractivity contribution in [1.82, 2.24) is 10.1 Å². The molecular weight excluding hydrogens is 284 g/mol. The molecule has 21 heavy (non-hydrogen) atoms. The van der Waals surface area contributed by atoms with E-state index in [9.17, 15) is 5.11 Å². The first-order valence-electron chi connectivity index (χ1n) is 7.03. The number of aliphatic hydroxyl groups excluding tert-OH is 1. The van der Waals surface area contributed by atoms with Crippen molar-refractivity contribution >= 4 is 11.8 Å². The third kappa shape index (κ3) is 4.86. The molecule has 0 aliphatic heterocycles. The fourth-order valence-corrected chi connectivity index (χ4v) is 2.43. The molecule has 0 aliphatic rings. The van der Waals surface area contributed by atoms with E-state index in [4.69, 9.17) is 4.52 Å². The van der Waals surface area contributed by atoms with Crippen LogP contribution in [0.25, 0.3) is 0 Å². The summed E-state index contributed by atoms with van der Waals surface area (Å²) < 4.78 is 5.20. The van der Waals surface area contributed by atoms with E-state index in [1.807, 2.05) is 20.8 Å². The summed E-state index contributed by atoms with van der Waals surface area (Å²) in [6, 6.07) is 8.35. The summed E-state index contributed by atoms with van der Waals surface area (Å²) in [6.45, 7) is 8.03. The van der Waals surface area contributed by atoms with Gasteiger partial charge in [-0.2, -0.15) is 4.98 Å². The Labute approximate surface area is 130 Å². The van der Waals surface area contributed by atoms with Crippen LogP contribution in [0.5, 0.6) is 0 Å². The van der Waals surface area contributed by atoms with Gasteiger partial charge in [-0.1, -0.05) is 43.6 Å². The number of thioether (sulfide) groups is 1. The highest BCUT2D eigenvalue weighted by molar-refractivity contribution is 7.98. The van der Waals surface area contributed by atoms with E-state index in [2.05, 4.69) is 41.3 Å². The zero-order valence-corrected chi connectivity index (χ0v) is 13.8. The third-order valence-electron chi connectivity index (χ3n) is 3.27. The van der Waals surface area contributed by atoms with E-state index < -0.39 is 6.10 Å². The maximum atomic E-state index is 10.0. The summed E-state index contributed by atoms with van der Waals surface area (Å²) in [4.78, 5) is 5.52. The normalized spacial score (nSPS) is 13.4. The summed E-state index contributed by atoms with van der Waals surface area (Å²) in [5.41, 5.74) is 1.06. The molecule has 0 saturated carbocycles. The first-order chi connectivity index (χ1) is 9.84. The largest absolute Gasteiger partial charge is 0.392 e. The second kappa shape index (κ2) is 6.62. The van der Waals surface area contributed by atoms with Gasteiger partial charge in [-0.25, -0.2) is 0 Å². The maximum Gasteiger partial charge on any atom is 0.229 e. The SMILES string of the molecule is Cc1ccc(SCc2noc(CC(O)C(C)(C)C)n2)cc1. The molecule has 0 radical (unpaired) electrons. The predicted molar refractivity (Wildman–Crippen MR) is 84.2 cm³/mol. The van der Waals surface area contributed by atoms with Gasteiger partial charge in [0.05, 0.1) is 18.3 Å². The highest BCUT2D eigenvalue weighted by Gasteiger charge is 2.24. The van der Waals surface area contributed by atoms with Gasteiger partial charge in [-0.15, -0.1) is 11.8 Å². The quantitative estimate of drug-likeness (QED) is 0.855. The molecule has 1 aromatic carbocycles. The molecule has 5 heteroatoms. The van der Waals surface area contributed by atoms with Gasteiger partial charge in [0.2, 0.25) is 5.89 Å². The second-order valence-electron chi connectivity index (χ2n) is 6.29. The van der Waals surface area contributed by atoms with E-state index in [-0.39, 0.29) is 5.41 Å². The molecule has 0 fully saturated rings. The minimum absolute atomic E-state index is 0.189. The Morgan fingerprint density at radius 1 is 1.24 bits per heavy atom. The Balaban J connectivity index is 1.90. The number of hydrogen-bond acceptors (Lipinski definition) is 5. The Kier molecular flexibility index (Phi) is 5.06. The fraction of sp³-hybridized carbons (Fsp3) is 0.500. The van der Waals surface area contributed by atoms with Crippen LogP contribution in [0.15, 0.2) is 33.7 Å². The number of benzene rings is 1. The molecule has 114 valence electrons. The van der Waals surface area contributed by atoms with Crippen LogP contribution in [0.4, 0.5) is 0 Å². The van der Waals surface area contributed by atoms with Gasteiger partial charge in [0.15, 0.2) is 5.82 Å². The molecule has 0 spiro atoms. The maximum absolute atomic E-state index is 10.0. The topological polar surface area (TPSA) is 59.2 Å². The summed E-state index contributed by atoms with van der Waals surface area (Å²) in [6.07, 6.45) is -0.0957. The number of aromatic nitrogens is 2. The van der Waals surface area contributed by atoms with Crippen LogP contribution in [0.3, 0.4) is 0 Å². The molecule has 2 aromatic rings. The molecule has 4 nitrogen and oxygen atoms in total. The number of rotatable bonds is 5. The van der Waals surface area contributed by atoms with Crippen molar-refractivity contribution in [3.8, 4) is 0 Å². The molecule has 0 amide bonds. The average molecular weight is 306 g/mol. The molecule has 0 bridgehead atoms. The van der Waals surface area contributed by atoms with Crippen LogP contribution in [-0.2, 0) is 12.2 Å². The lowest BCUT2D eigenvalue weighted by molar-refractivity contribution is 0.0565. The Morgan fingerprint density at radius 2 is 1.90 bits per heavy atom. The van der Waals surface area contributed by atoms with Gasteiger partial charge in [-0.05, 0) is 24.5 Å². The monoisotopic (exact) mass is 306 g/mol. The lowest BCUT2D eigenvalue weighted by Crippen LogP contribution is -2.28. The highest BCUT2D eigenvalue weighted by atomic mass is 32.2.